The maximum absolute atomic E-state index is 12.4. The number of aliphatic hydroxyl groups is 4. The zero-order valence-electron chi connectivity index (χ0n) is 26.3. The summed E-state index contributed by atoms with van der Waals surface area (Å²) in [7, 11) is 0. The molecule has 0 bridgehead atoms. The van der Waals surface area contributed by atoms with Crippen LogP contribution in [0.15, 0.2) is 0 Å². The minimum atomic E-state index is -1.48. The van der Waals surface area contributed by atoms with Crippen molar-refractivity contribution >= 4 is 11.9 Å². The molecule has 2 aliphatic heterocycles. The third kappa shape index (κ3) is 8.48. The molecule has 13 heteroatoms. The van der Waals surface area contributed by atoms with Crippen molar-refractivity contribution in [3.63, 3.8) is 0 Å². The lowest BCUT2D eigenvalue weighted by molar-refractivity contribution is -0.335. The average Bonchev–Trinajstić information content (AvgIpc) is 2.99. The molecule has 13 nitrogen and oxygen atoms in total. The van der Waals surface area contributed by atoms with Crippen LogP contribution in [-0.4, -0.2) is 117 Å². The second kappa shape index (κ2) is 15.9. The van der Waals surface area contributed by atoms with Crippen molar-refractivity contribution < 1.29 is 58.8 Å². The molecule has 5 unspecified atom stereocenters. The fraction of sp³-hybridized carbons (Fsp3) is 0.935. The first-order valence-electron chi connectivity index (χ1n) is 16.4. The number of carboxylic acid groups (broad SMARTS) is 1. The first-order valence-corrected chi connectivity index (χ1v) is 16.4. The van der Waals surface area contributed by atoms with Crippen molar-refractivity contribution in [1.29, 1.82) is 0 Å². The summed E-state index contributed by atoms with van der Waals surface area (Å²) in [4.78, 5) is 24.7. The fourth-order valence-corrected chi connectivity index (χ4v) is 7.25. The van der Waals surface area contributed by atoms with E-state index in [2.05, 4.69) is 5.32 Å². The van der Waals surface area contributed by atoms with E-state index in [-0.39, 0.29) is 11.8 Å². The zero-order valence-corrected chi connectivity index (χ0v) is 26.3. The van der Waals surface area contributed by atoms with Gasteiger partial charge in [-0.1, -0.05) is 51.9 Å². The van der Waals surface area contributed by atoms with Crippen LogP contribution in [0.4, 0.5) is 0 Å². The minimum Gasteiger partial charge on any atom is -0.479 e. The van der Waals surface area contributed by atoms with Crippen molar-refractivity contribution in [1.82, 2.24) is 5.32 Å². The number of ether oxygens (including phenoxy) is 5. The highest BCUT2D eigenvalue weighted by Crippen LogP contribution is 2.37. The van der Waals surface area contributed by atoms with Crippen molar-refractivity contribution in [2.45, 2.75) is 172 Å². The van der Waals surface area contributed by atoms with Gasteiger partial charge in [0.1, 0.15) is 36.6 Å². The van der Waals surface area contributed by atoms with E-state index in [1.54, 1.807) is 13.8 Å². The standard InChI is InChI=1S/C31H53NO12/c1-5-19-12-9-13-20(27(19)44-31-26(37)25(36)23(34)15(2)41-31)43-30-22(32-17(4)33)28(24(35)16(3)40-30)42-21(29(38)39)14-18-10-7-6-8-11-18/h15-16,18-28,30-31,34-37H,5-14H2,1-4H3,(H,32,33)(H,38,39)/t15-,16-,19?,20+,21-,22?,23-,24-,25?,26-,27+,28?,30-,31?/m0/s1. The van der Waals surface area contributed by atoms with Crippen LogP contribution in [0.2, 0.25) is 0 Å². The summed E-state index contributed by atoms with van der Waals surface area (Å²) in [5.74, 6) is -1.34. The van der Waals surface area contributed by atoms with Crippen LogP contribution in [0, 0.1) is 11.8 Å². The van der Waals surface area contributed by atoms with E-state index in [0.29, 0.717) is 12.8 Å². The van der Waals surface area contributed by atoms with Gasteiger partial charge in [0.05, 0.1) is 24.4 Å². The average molecular weight is 632 g/mol. The Bertz CT molecular complexity index is 933. The molecule has 4 rings (SSSR count). The van der Waals surface area contributed by atoms with Gasteiger partial charge in [0, 0.05) is 6.92 Å². The molecule has 0 spiro atoms. The molecule has 2 saturated heterocycles. The van der Waals surface area contributed by atoms with E-state index in [1.807, 2.05) is 6.92 Å². The van der Waals surface area contributed by atoms with Crippen LogP contribution < -0.4 is 5.32 Å². The largest absolute Gasteiger partial charge is 0.479 e. The summed E-state index contributed by atoms with van der Waals surface area (Å²) in [6.45, 7) is 6.56. The van der Waals surface area contributed by atoms with E-state index in [0.717, 1.165) is 51.4 Å². The monoisotopic (exact) mass is 631 g/mol. The van der Waals surface area contributed by atoms with Gasteiger partial charge in [0.2, 0.25) is 5.91 Å². The first kappa shape index (κ1) is 35.4. The number of aliphatic carboxylic acids is 1. The summed E-state index contributed by atoms with van der Waals surface area (Å²) in [6, 6.07) is -1.02. The molecule has 14 atom stereocenters. The Morgan fingerprint density at radius 2 is 1.48 bits per heavy atom. The Morgan fingerprint density at radius 3 is 2.11 bits per heavy atom. The normalized spacial score (nSPS) is 42.9. The highest BCUT2D eigenvalue weighted by Gasteiger charge is 2.50. The van der Waals surface area contributed by atoms with Crippen LogP contribution in [0.25, 0.3) is 0 Å². The Kier molecular flexibility index (Phi) is 12.8. The molecule has 4 fully saturated rings. The molecule has 2 saturated carbocycles. The van der Waals surface area contributed by atoms with Crippen LogP contribution >= 0.6 is 0 Å². The summed E-state index contributed by atoms with van der Waals surface area (Å²) in [5.41, 5.74) is 0. The molecule has 0 aromatic carbocycles. The maximum atomic E-state index is 12.4. The van der Waals surface area contributed by atoms with E-state index < -0.39 is 91.5 Å². The predicted octanol–water partition coefficient (Wildman–Crippen LogP) is 1.21. The molecule has 0 radical (unpaired) electrons. The number of carbonyl (C=O) groups is 2. The van der Waals surface area contributed by atoms with Crippen LogP contribution in [0.5, 0.6) is 0 Å². The highest BCUT2D eigenvalue weighted by atomic mass is 16.7. The van der Waals surface area contributed by atoms with Gasteiger partial charge in [0.25, 0.3) is 0 Å². The van der Waals surface area contributed by atoms with Crippen molar-refractivity contribution in [3.8, 4) is 0 Å². The maximum Gasteiger partial charge on any atom is 0.332 e. The minimum absolute atomic E-state index is 0.00796. The quantitative estimate of drug-likeness (QED) is 0.191. The highest BCUT2D eigenvalue weighted by molar-refractivity contribution is 5.73. The lowest BCUT2D eigenvalue weighted by atomic mass is 9.82. The van der Waals surface area contributed by atoms with E-state index in [1.165, 1.54) is 6.92 Å². The van der Waals surface area contributed by atoms with E-state index in [9.17, 15) is 35.1 Å². The number of rotatable bonds is 11. The van der Waals surface area contributed by atoms with E-state index in [4.69, 9.17) is 23.7 Å². The van der Waals surface area contributed by atoms with Gasteiger partial charge in [-0.25, -0.2) is 4.79 Å². The number of amides is 1. The summed E-state index contributed by atoms with van der Waals surface area (Å²) < 4.78 is 30.8. The third-order valence-electron chi connectivity index (χ3n) is 9.88. The number of hydrogen-bond acceptors (Lipinski definition) is 11. The van der Waals surface area contributed by atoms with Gasteiger partial charge in [-0.05, 0) is 44.9 Å². The van der Waals surface area contributed by atoms with Crippen molar-refractivity contribution in [3.05, 3.63) is 0 Å². The molecule has 254 valence electrons. The molecule has 44 heavy (non-hydrogen) atoms. The lowest BCUT2D eigenvalue weighted by Gasteiger charge is -2.48. The molecule has 0 aromatic rings. The number of hydrogen-bond donors (Lipinski definition) is 6. The molecule has 6 N–H and O–H groups in total. The smallest absolute Gasteiger partial charge is 0.332 e. The van der Waals surface area contributed by atoms with Gasteiger partial charge in [-0.3, -0.25) is 4.79 Å². The van der Waals surface area contributed by atoms with Gasteiger partial charge in [-0.2, -0.15) is 0 Å². The molecule has 2 heterocycles. The van der Waals surface area contributed by atoms with Crippen LogP contribution in [-0.2, 0) is 33.3 Å². The van der Waals surface area contributed by atoms with Gasteiger partial charge in [-0.15, -0.1) is 0 Å². The SMILES string of the molecule is CCC1CCC[C@@H](O[C@@H]2O[C@@H](C)[C@H](O)C(O[C@@H](CC3CCCCC3)C(=O)O)C2NC(C)=O)[C@@H]1OC1O[C@@H](C)[C@H](O)C(O)[C@@H]1O. The molecule has 1 amide bonds. The van der Waals surface area contributed by atoms with Crippen molar-refractivity contribution in [2.75, 3.05) is 0 Å². The first-order chi connectivity index (χ1) is 20.9. The Morgan fingerprint density at radius 1 is 0.818 bits per heavy atom. The topological polar surface area (TPSA) is 193 Å². The molecular formula is C31H53NO12. The van der Waals surface area contributed by atoms with Crippen molar-refractivity contribution in [2.24, 2.45) is 11.8 Å². The molecule has 2 aliphatic carbocycles. The second-order valence-corrected chi connectivity index (χ2v) is 13.1. The number of carboxylic acids is 1. The number of nitrogens with one attached hydrogen (secondary N) is 1. The lowest BCUT2D eigenvalue weighted by Crippen LogP contribution is -2.66. The summed E-state index contributed by atoms with van der Waals surface area (Å²) in [6.07, 6.45) is -4.50. The van der Waals surface area contributed by atoms with E-state index >= 15 is 0 Å². The third-order valence-corrected chi connectivity index (χ3v) is 9.88. The van der Waals surface area contributed by atoms with Gasteiger partial charge < -0.3 is 54.5 Å². The van der Waals surface area contributed by atoms with Gasteiger partial charge >= 0.3 is 5.97 Å². The molecule has 0 aromatic heterocycles. The number of carbonyl (C=O) groups excluding carboxylic acids is 1. The Balaban J connectivity index is 1.55. The Labute approximate surface area is 259 Å². The molecular weight excluding hydrogens is 578 g/mol. The Hall–Kier alpha value is -1.42. The summed E-state index contributed by atoms with van der Waals surface area (Å²) in [5, 5.41) is 55.1. The van der Waals surface area contributed by atoms with Gasteiger partial charge in [0.15, 0.2) is 18.7 Å². The zero-order chi connectivity index (χ0) is 32.1. The second-order valence-electron chi connectivity index (χ2n) is 13.1. The molecule has 4 aliphatic rings. The fourth-order valence-electron chi connectivity index (χ4n) is 7.25. The number of aliphatic hydroxyl groups excluding tert-OH is 4. The van der Waals surface area contributed by atoms with Crippen LogP contribution in [0.3, 0.4) is 0 Å². The predicted molar refractivity (Wildman–Crippen MR) is 155 cm³/mol. The van der Waals surface area contributed by atoms with Crippen LogP contribution in [0.1, 0.15) is 91.9 Å². The summed E-state index contributed by atoms with van der Waals surface area (Å²) >= 11 is 0.